The summed E-state index contributed by atoms with van der Waals surface area (Å²) in [6, 6.07) is 6.11. The van der Waals surface area contributed by atoms with Crippen LogP contribution in [0.5, 0.6) is 0 Å². The zero-order chi connectivity index (χ0) is 11.8. The third-order valence-electron chi connectivity index (χ3n) is 2.30. The molecule has 17 heavy (non-hydrogen) atoms. The molecule has 2 heterocycles. The highest BCUT2D eigenvalue weighted by molar-refractivity contribution is 9.10. The van der Waals surface area contributed by atoms with Crippen LogP contribution in [0, 0.1) is 0 Å². The van der Waals surface area contributed by atoms with Crippen LogP contribution in [0.15, 0.2) is 28.1 Å². The molecule has 1 aromatic carbocycles. The predicted octanol–water partition coefficient (Wildman–Crippen LogP) is 3.64. The van der Waals surface area contributed by atoms with E-state index in [0.717, 1.165) is 25.7 Å². The molecule has 0 amide bonds. The third-order valence-corrected chi connectivity index (χ3v) is 4.72. The average molecular weight is 326 g/mol. The SMILES string of the molecule is NCc1nc(-c2nc3cc(Br)ccc3s2)cs1. The van der Waals surface area contributed by atoms with E-state index in [1.54, 1.807) is 22.7 Å². The number of rotatable bonds is 2. The van der Waals surface area contributed by atoms with E-state index in [9.17, 15) is 0 Å². The topological polar surface area (TPSA) is 51.8 Å². The fraction of sp³-hybridized carbons (Fsp3) is 0.0909. The van der Waals surface area contributed by atoms with E-state index < -0.39 is 0 Å². The van der Waals surface area contributed by atoms with Gasteiger partial charge in [-0.25, -0.2) is 9.97 Å². The van der Waals surface area contributed by atoms with Gasteiger partial charge in [-0.05, 0) is 18.2 Å². The molecule has 0 spiro atoms. The van der Waals surface area contributed by atoms with E-state index in [2.05, 4.69) is 32.0 Å². The Bertz CT molecular complexity index is 674. The van der Waals surface area contributed by atoms with Crippen molar-refractivity contribution in [3.8, 4) is 10.7 Å². The van der Waals surface area contributed by atoms with Crippen LogP contribution in [0.1, 0.15) is 5.01 Å². The number of thiazole rings is 2. The Morgan fingerprint density at radius 2 is 2.18 bits per heavy atom. The first-order chi connectivity index (χ1) is 8.26. The summed E-state index contributed by atoms with van der Waals surface area (Å²) in [6.45, 7) is 0.487. The van der Waals surface area contributed by atoms with Crippen molar-refractivity contribution in [2.24, 2.45) is 5.73 Å². The van der Waals surface area contributed by atoms with Gasteiger partial charge in [-0.3, -0.25) is 0 Å². The van der Waals surface area contributed by atoms with Crippen LogP contribution in [-0.4, -0.2) is 9.97 Å². The highest BCUT2D eigenvalue weighted by Gasteiger charge is 2.09. The number of hydrogen-bond acceptors (Lipinski definition) is 5. The minimum atomic E-state index is 0.487. The quantitative estimate of drug-likeness (QED) is 0.782. The van der Waals surface area contributed by atoms with Gasteiger partial charge in [-0.1, -0.05) is 15.9 Å². The second-order valence-corrected chi connectivity index (χ2v) is 6.35. The van der Waals surface area contributed by atoms with Gasteiger partial charge in [-0.15, -0.1) is 22.7 Å². The van der Waals surface area contributed by atoms with E-state index in [-0.39, 0.29) is 0 Å². The zero-order valence-electron chi connectivity index (χ0n) is 8.68. The molecular formula is C11H8BrN3S2. The Kier molecular flexibility index (Phi) is 2.96. The number of nitrogens with two attached hydrogens (primary N) is 1. The van der Waals surface area contributed by atoms with Crippen LogP contribution >= 0.6 is 38.6 Å². The second-order valence-electron chi connectivity index (χ2n) is 3.46. The van der Waals surface area contributed by atoms with Gasteiger partial charge < -0.3 is 5.73 Å². The van der Waals surface area contributed by atoms with Crippen molar-refractivity contribution in [3.05, 3.63) is 33.1 Å². The van der Waals surface area contributed by atoms with Crippen LogP contribution in [-0.2, 0) is 6.54 Å². The van der Waals surface area contributed by atoms with Gasteiger partial charge in [0.1, 0.15) is 15.7 Å². The Morgan fingerprint density at radius 1 is 1.29 bits per heavy atom. The average Bonchev–Trinajstić information content (AvgIpc) is 2.93. The summed E-state index contributed by atoms with van der Waals surface area (Å²) in [6.07, 6.45) is 0. The van der Waals surface area contributed by atoms with Gasteiger partial charge in [0, 0.05) is 16.4 Å². The van der Waals surface area contributed by atoms with Gasteiger partial charge in [0.15, 0.2) is 0 Å². The summed E-state index contributed by atoms with van der Waals surface area (Å²) in [5.74, 6) is 0. The highest BCUT2D eigenvalue weighted by atomic mass is 79.9. The molecule has 3 aromatic rings. The van der Waals surface area contributed by atoms with E-state index >= 15 is 0 Å². The van der Waals surface area contributed by atoms with E-state index in [1.165, 1.54) is 4.70 Å². The van der Waals surface area contributed by atoms with Crippen LogP contribution in [0.25, 0.3) is 20.9 Å². The highest BCUT2D eigenvalue weighted by Crippen LogP contribution is 2.31. The molecule has 0 aliphatic rings. The molecular weight excluding hydrogens is 318 g/mol. The van der Waals surface area contributed by atoms with Crippen molar-refractivity contribution in [2.45, 2.75) is 6.54 Å². The van der Waals surface area contributed by atoms with E-state index in [1.807, 2.05) is 17.5 Å². The van der Waals surface area contributed by atoms with E-state index in [0.29, 0.717) is 6.54 Å². The molecule has 0 bridgehead atoms. The van der Waals surface area contributed by atoms with Crippen molar-refractivity contribution in [3.63, 3.8) is 0 Å². The number of aromatic nitrogens is 2. The maximum atomic E-state index is 5.56. The molecule has 3 nitrogen and oxygen atoms in total. The second kappa shape index (κ2) is 4.45. The summed E-state index contributed by atoms with van der Waals surface area (Å²) >= 11 is 6.68. The normalized spacial score (nSPS) is 11.2. The number of nitrogens with zero attached hydrogens (tertiary/aromatic N) is 2. The summed E-state index contributed by atoms with van der Waals surface area (Å²) in [4.78, 5) is 9.03. The lowest BCUT2D eigenvalue weighted by Crippen LogP contribution is -1.94. The fourth-order valence-electron chi connectivity index (χ4n) is 1.51. The van der Waals surface area contributed by atoms with Crippen LogP contribution in [0.3, 0.4) is 0 Å². The summed E-state index contributed by atoms with van der Waals surface area (Å²) in [5, 5.41) is 3.91. The van der Waals surface area contributed by atoms with Crippen molar-refractivity contribution in [2.75, 3.05) is 0 Å². The van der Waals surface area contributed by atoms with Crippen molar-refractivity contribution < 1.29 is 0 Å². The Morgan fingerprint density at radius 3 is 2.94 bits per heavy atom. The first-order valence-corrected chi connectivity index (χ1v) is 7.46. The van der Waals surface area contributed by atoms with Gasteiger partial charge >= 0.3 is 0 Å². The Hall–Kier alpha value is -0.820. The first kappa shape index (κ1) is 11.3. The molecule has 3 rings (SSSR count). The standard InChI is InChI=1S/C11H8BrN3S2/c12-6-1-2-9-7(3-6)15-11(17-9)8-5-16-10(4-13)14-8/h1-3,5H,4,13H2. The predicted molar refractivity (Wildman–Crippen MR) is 76.3 cm³/mol. The molecule has 2 aromatic heterocycles. The largest absolute Gasteiger partial charge is 0.325 e. The number of benzene rings is 1. The molecule has 0 fully saturated rings. The molecule has 0 unspecified atom stereocenters. The van der Waals surface area contributed by atoms with Crippen molar-refractivity contribution in [1.82, 2.24) is 9.97 Å². The Balaban J connectivity index is 2.11. The van der Waals surface area contributed by atoms with Crippen LogP contribution in [0.2, 0.25) is 0 Å². The van der Waals surface area contributed by atoms with Crippen LogP contribution in [0.4, 0.5) is 0 Å². The molecule has 0 saturated carbocycles. The smallest absolute Gasteiger partial charge is 0.143 e. The maximum absolute atomic E-state index is 5.56. The fourth-order valence-corrected chi connectivity index (χ4v) is 3.50. The molecule has 0 radical (unpaired) electrons. The van der Waals surface area contributed by atoms with Crippen LogP contribution < -0.4 is 5.73 Å². The number of hydrogen-bond donors (Lipinski definition) is 1. The summed E-state index contributed by atoms with van der Waals surface area (Å²) < 4.78 is 2.22. The summed E-state index contributed by atoms with van der Waals surface area (Å²) in [5.41, 5.74) is 7.49. The van der Waals surface area contributed by atoms with Gasteiger partial charge in [0.05, 0.1) is 10.2 Å². The molecule has 0 atom stereocenters. The maximum Gasteiger partial charge on any atom is 0.143 e. The molecule has 6 heteroatoms. The monoisotopic (exact) mass is 325 g/mol. The third kappa shape index (κ3) is 2.13. The van der Waals surface area contributed by atoms with E-state index in [4.69, 9.17) is 5.73 Å². The minimum absolute atomic E-state index is 0.487. The lowest BCUT2D eigenvalue weighted by Gasteiger charge is -1.87. The zero-order valence-corrected chi connectivity index (χ0v) is 11.9. The lowest BCUT2D eigenvalue weighted by molar-refractivity contribution is 1.04. The summed E-state index contributed by atoms with van der Waals surface area (Å²) in [7, 11) is 0. The minimum Gasteiger partial charge on any atom is -0.325 e. The number of fused-ring (bicyclic) bond motifs is 1. The van der Waals surface area contributed by atoms with Gasteiger partial charge in [0.2, 0.25) is 0 Å². The van der Waals surface area contributed by atoms with Crippen molar-refractivity contribution in [1.29, 1.82) is 0 Å². The molecule has 0 aliphatic heterocycles. The van der Waals surface area contributed by atoms with Crippen molar-refractivity contribution >= 4 is 48.8 Å². The van der Waals surface area contributed by atoms with Gasteiger partial charge in [-0.2, -0.15) is 0 Å². The Labute approximate surface area is 114 Å². The first-order valence-electron chi connectivity index (χ1n) is 4.97. The molecule has 0 saturated heterocycles. The number of halogens is 1. The molecule has 2 N–H and O–H groups in total. The van der Waals surface area contributed by atoms with Gasteiger partial charge in [0.25, 0.3) is 0 Å². The lowest BCUT2D eigenvalue weighted by atomic mass is 10.3. The molecule has 86 valence electrons. The molecule has 0 aliphatic carbocycles.